The number of hydrogen-bond donors (Lipinski definition) is 2. The highest BCUT2D eigenvalue weighted by Crippen LogP contribution is 2.28. The zero-order valence-electron chi connectivity index (χ0n) is 19.9. The maximum absolute atomic E-state index is 12.8. The lowest BCUT2D eigenvalue weighted by molar-refractivity contribution is -0.115. The molecule has 4 rings (SSSR count). The summed E-state index contributed by atoms with van der Waals surface area (Å²) in [6, 6.07) is 21.5. The van der Waals surface area contributed by atoms with Crippen LogP contribution in [0.5, 0.6) is 0 Å². The first-order valence-corrected chi connectivity index (χ1v) is 12.4. The average molecular weight is 497 g/mol. The summed E-state index contributed by atoms with van der Waals surface area (Å²) in [7, 11) is 0. The molecule has 0 saturated heterocycles. The number of carboxylic acid groups (broad SMARTS) is 1. The Bertz CT molecular complexity index is 1480. The van der Waals surface area contributed by atoms with Gasteiger partial charge in [0.15, 0.2) is 0 Å². The van der Waals surface area contributed by atoms with Crippen molar-refractivity contribution in [1.29, 1.82) is 5.26 Å². The largest absolute Gasteiger partial charge is 0.478 e. The molecule has 0 spiro atoms. The number of anilines is 1. The molecule has 0 radical (unpaired) electrons. The molecule has 4 aromatic rings. The molecule has 1 amide bonds. The molecule has 1 unspecified atom stereocenters. The van der Waals surface area contributed by atoms with E-state index in [1.165, 1.54) is 11.8 Å². The number of carbonyl (C=O) groups is 2. The van der Waals surface area contributed by atoms with Crippen molar-refractivity contribution in [1.82, 2.24) is 9.97 Å². The number of hydrogen-bond acceptors (Lipinski definition) is 6. The second-order valence-corrected chi connectivity index (χ2v) is 9.55. The van der Waals surface area contributed by atoms with Gasteiger partial charge in [-0.1, -0.05) is 55.4 Å². The zero-order valence-corrected chi connectivity index (χ0v) is 20.7. The van der Waals surface area contributed by atoms with E-state index in [2.05, 4.69) is 28.3 Å². The van der Waals surface area contributed by atoms with Crippen molar-refractivity contribution in [3.05, 3.63) is 83.6 Å². The highest BCUT2D eigenvalue weighted by atomic mass is 32.2. The third-order valence-corrected chi connectivity index (χ3v) is 6.70. The van der Waals surface area contributed by atoms with E-state index in [-0.39, 0.29) is 11.5 Å². The van der Waals surface area contributed by atoms with Crippen LogP contribution in [0.1, 0.15) is 41.9 Å². The number of aryl methyl sites for hydroxylation is 1. The van der Waals surface area contributed by atoms with Gasteiger partial charge in [0.05, 0.1) is 27.6 Å². The number of aromatic carboxylic acids is 1. The van der Waals surface area contributed by atoms with Crippen LogP contribution >= 0.6 is 11.8 Å². The lowest BCUT2D eigenvalue weighted by Crippen LogP contribution is -2.22. The fourth-order valence-corrected chi connectivity index (χ4v) is 4.65. The monoisotopic (exact) mass is 496 g/mol. The van der Waals surface area contributed by atoms with E-state index in [0.29, 0.717) is 32.9 Å². The Kier molecular flexibility index (Phi) is 7.62. The van der Waals surface area contributed by atoms with Gasteiger partial charge < -0.3 is 10.4 Å². The van der Waals surface area contributed by atoms with Crippen molar-refractivity contribution < 1.29 is 14.7 Å². The average Bonchev–Trinajstić information content (AvgIpc) is 2.88. The fraction of sp³-hybridized carbons (Fsp3) is 0.179. The number of para-hydroxylation sites is 1. The Morgan fingerprint density at radius 1 is 1.08 bits per heavy atom. The Hall–Kier alpha value is -4.22. The standard InChI is InChI=1S/C28H24N4O3S/c1-3-6-20-14-11-19(16-29)27(31-20)36-17(2)26(33)30-21-12-9-18(10-13-21)25-15-23(28(34)35)22-7-4-5-8-24(22)32-25/h4-5,7-15,17H,3,6H2,1-2H3,(H,30,33)(H,34,35). The molecule has 0 bridgehead atoms. The van der Waals surface area contributed by atoms with Crippen molar-refractivity contribution in [3.63, 3.8) is 0 Å². The summed E-state index contributed by atoms with van der Waals surface area (Å²) in [5.74, 6) is -1.23. The molecule has 36 heavy (non-hydrogen) atoms. The van der Waals surface area contributed by atoms with Crippen LogP contribution < -0.4 is 5.32 Å². The minimum Gasteiger partial charge on any atom is -0.478 e. The molecule has 0 aliphatic rings. The second kappa shape index (κ2) is 11.0. The van der Waals surface area contributed by atoms with Crippen molar-refractivity contribution in [2.24, 2.45) is 0 Å². The summed E-state index contributed by atoms with van der Waals surface area (Å²) < 4.78 is 0. The summed E-state index contributed by atoms with van der Waals surface area (Å²) in [6.07, 6.45) is 1.76. The number of nitrogens with one attached hydrogen (secondary N) is 1. The van der Waals surface area contributed by atoms with E-state index in [0.717, 1.165) is 24.1 Å². The first kappa shape index (κ1) is 24.9. The summed E-state index contributed by atoms with van der Waals surface area (Å²) in [5.41, 5.74) is 4.01. The number of aromatic nitrogens is 2. The molecule has 0 aliphatic carbocycles. The van der Waals surface area contributed by atoms with Crippen LogP contribution in [0.15, 0.2) is 71.8 Å². The molecule has 180 valence electrons. The van der Waals surface area contributed by atoms with Crippen LogP contribution in [0.4, 0.5) is 5.69 Å². The number of benzene rings is 2. The maximum Gasteiger partial charge on any atom is 0.336 e. The zero-order chi connectivity index (χ0) is 25.7. The Morgan fingerprint density at radius 2 is 1.83 bits per heavy atom. The Morgan fingerprint density at radius 3 is 2.53 bits per heavy atom. The maximum atomic E-state index is 12.8. The van der Waals surface area contributed by atoms with Gasteiger partial charge in [0, 0.05) is 22.3 Å². The van der Waals surface area contributed by atoms with E-state index < -0.39 is 11.2 Å². The summed E-state index contributed by atoms with van der Waals surface area (Å²) >= 11 is 1.26. The molecule has 8 heteroatoms. The van der Waals surface area contributed by atoms with Gasteiger partial charge in [-0.3, -0.25) is 4.79 Å². The van der Waals surface area contributed by atoms with Gasteiger partial charge in [-0.25, -0.2) is 14.8 Å². The normalized spacial score (nSPS) is 11.6. The second-order valence-electron chi connectivity index (χ2n) is 8.22. The molecule has 1 atom stereocenters. The molecular weight excluding hydrogens is 472 g/mol. The number of carbonyl (C=O) groups excluding carboxylic acids is 1. The quantitative estimate of drug-likeness (QED) is 0.290. The lowest BCUT2D eigenvalue weighted by Gasteiger charge is -2.13. The van der Waals surface area contributed by atoms with Crippen LogP contribution in [0.3, 0.4) is 0 Å². The molecule has 2 heterocycles. The highest BCUT2D eigenvalue weighted by molar-refractivity contribution is 8.00. The van der Waals surface area contributed by atoms with Crippen molar-refractivity contribution in [3.8, 4) is 17.3 Å². The minimum absolute atomic E-state index is 0.187. The third-order valence-electron chi connectivity index (χ3n) is 5.60. The topological polar surface area (TPSA) is 116 Å². The molecule has 2 N–H and O–H groups in total. The van der Waals surface area contributed by atoms with Crippen LogP contribution in [-0.4, -0.2) is 32.2 Å². The predicted octanol–water partition coefficient (Wildman–Crippen LogP) is 5.94. The number of pyridine rings is 2. The van der Waals surface area contributed by atoms with E-state index in [9.17, 15) is 20.0 Å². The number of carboxylic acids is 1. The van der Waals surface area contributed by atoms with Crippen LogP contribution in [0, 0.1) is 11.3 Å². The van der Waals surface area contributed by atoms with Gasteiger partial charge in [-0.2, -0.15) is 5.26 Å². The van der Waals surface area contributed by atoms with Gasteiger partial charge >= 0.3 is 5.97 Å². The molecule has 0 aliphatic heterocycles. The van der Waals surface area contributed by atoms with E-state index >= 15 is 0 Å². The molecule has 2 aromatic heterocycles. The van der Waals surface area contributed by atoms with E-state index in [1.807, 2.05) is 12.1 Å². The van der Waals surface area contributed by atoms with Gasteiger partial charge in [0.25, 0.3) is 0 Å². The van der Waals surface area contributed by atoms with Crippen molar-refractivity contribution in [2.45, 2.75) is 37.0 Å². The molecular formula is C28H24N4O3S. The van der Waals surface area contributed by atoms with Crippen molar-refractivity contribution >= 4 is 40.2 Å². The Labute approximate surface area is 213 Å². The summed E-state index contributed by atoms with van der Waals surface area (Å²) in [4.78, 5) is 33.8. The number of thioether (sulfide) groups is 1. The smallest absolute Gasteiger partial charge is 0.336 e. The first-order valence-electron chi connectivity index (χ1n) is 11.5. The fourth-order valence-electron chi connectivity index (χ4n) is 3.74. The number of nitriles is 1. The number of fused-ring (bicyclic) bond motifs is 1. The van der Waals surface area contributed by atoms with Crippen LogP contribution in [0.25, 0.3) is 22.2 Å². The van der Waals surface area contributed by atoms with Gasteiger partial charge in [-0.05, 0) is 49.7 Å². The minimum atomic E-state index is -1.01. The van der Waals surface area contributed by atoms with Crippen LogP contribution in [-0.2, 0) is 11.2 Å². The highest BCUT2D eigenvalue weighted by Gasteiger charge is 2.18. The predicted molar refractivity (Wildman–Crippen MR) is 141 cm³/mol. The number of amides is 1. The molecule has 2 aromatic carbocycles. The lowest BCUT2D eigenvalue weighted by atomic mass is 10.0. The van der Waals surface area contributed by atoms with Gasteiger partial charge in [0.1, 0.15) is 11.1 Å². The SMILES string of the molecule is CCCc1ccc(C#N)c(SC(C)C(=O)Nc2ccc(-c3cc(C(=O)O)c4ccccc4n3)cc2)n1. The van der Waals surface area contributed by atoms with E-state index in [4.69, 9.17) is 0 Å². The number of rotatable bonds is 8. The van der Waals surface area contributed by atoms with E-state index in [1.54, 1.807) is 61.5 Å². The molecule has 0 fully saturated rings. The third kappa shape index (κ3) is 5.53. The molecule has 0 saturated carbocycles. The first-order chi connectivity index (χ1) is 17.4. The number of nitrogens with zero attached hydrogens (tertiary/aromatic N) is 3. The molecule has 7 nitrogen and oxygen atoms in total. The van der Waals surface area contributed by atoms with Crippen molar-refractivity contribution in [2.75, 3.05) is 5.32 Å². The van der Waals surface area contributed by atoms with Gasteiger partial charge in [-0.15, -0.1) is 0 Å². The summed E-state index contributed by atoms with van der Waals surface area (Å²) in [5, 5.41) is 22.6. The van der Waals surface area contributed by atoms with Crippen LogP contribution in [0.2, 0.25) is 0 Å². The summed E-state index contributed by atoms with van der Waals surface area (Å²) in [6.45, 7) is 3.84. The Balaban J connectivity index is 1.50. The van der Waals surface area contributed by atoms with Gasteiger partial charge in [0.2, 0.25) is 5.91 Å².